The van der Waals surface area contributed by atoms with Gasteiger partial charge in [-0.25, -0.2) is 4.99 Å². The maximum absolute atomic E-state index is 11.8. The standard InChI is InChI=1S/C21H28N4O2/c1-5-22-21(24-15-20(26)25(3)4)23-14-17-12-11-16(2)13-19(17)27-18-9-7-6-8-10-18/h6-13H,5,14-15H2,1-4H3,(H2,22,23,24). The van der Waals surface area contributed by atoms with Crippen LogP contribution in [0.5, 0.6) is 11.5 Å². The summed E-state index contributed by atoms with van der Waals surface area (Å²) >= 11 is 0. The highest BCUT2D eigenvalue weighted by Crippen LogP contribution is 2.27. The van der Waals surface area contributed by atoms with Gasteiger partial charge in [-0.05, 0) is 37.6 Å². The Hall–Kier alpha value is -3.02. The van der Waals surface area contributed by atoms with Gasteiger partial charge in [0.15, 0.2) is 5.96 Å². The van der Waals surface area contributed by atoms with E-state index in [-0.39, 0.29) is 12.5 Å². The number of aliphatic imine (C=N–C) groups is 1. The summed E-state index contributed by atoms with van der Waals surface area (Å²) in [5, 5.41) is 6.21. The second kappa shape index (κ2) is 10.2. The number of para-hydroxylation sites is 1. The van der Waals surface area contributed by atoms with E-state index >= 15 is 0 Å². The Morgan fingerprint density at radius 2 is 1.85 bits per heavy atom. The smallest absolute Gasteiger partial charge is 0.241 e. The van der Waals surface area contributed by atoms with Crippen molar-refractivity contribution in [2.45, 2.75) is 20.4 Å². The van der Waals surface area contributed by atoms with Gasteiger partial charge in [0.2, 0.25) is 5.91 Å². The van der Waals surface area contributed by atoms with E-state index in [2.05, 4.69) is 15.6 Å². The lowest BCUT2D eigenvalue weighted by Crippen LogP contribution is -2.42. The molecule has 0 aliphatic carbocycles. The molecule has 6 nitrogen and oxygen atoms in total. The second-order valence-electron chi connectivity index (χ2n) is 6.36. The van der Waals surface area contributed by atoms with E-state index in [0.717, 1.165) is 22.6 Å². The topological polar surface area (TPSA) is 66.0 Å². The molecule has 27 heavy (non-hydrogen) atoms. The van der Waals surface area contributed by atoms with Crippen LogP contribution in [0, 0.1) is 6.92 Å². The molecule has 0 spiro atoms. The molecule has 0 aromatic heterocycles. The van der Waals surface area contributed by atoms with Gasteiger partial charge in [-0.2, -0.15) is 0 Å². The van der Waals surface area contributed by atoms with Gasteiger partial charge in [0, 0.05) is 26.2 Å². The Bertz CT molecular complexity index is 773. The highest BCUT2D eigenvalue weighted by Gasteiger charge is 2.08. The molecule has 144 valence electrons. The number of hydrogen-bond donors (Lipinski definition) is 2. The van der Waals surface area contributed by atoms with E-state index in [4.69, 9.17) is 4.74 Å². The average Bonchev–Trinajstić information content (AvgIpc) is 2.65. The Morgan fingerprint density at radius 1 is 1.11 bits per heavy atom. The number of carbonyl (C=O) groups excluding carboxylic acids is 1. The van der Waals surface area contributed by atoms with E-state index in [1.165, 1.54) is 0 Å². The monoisotopic (exact) mass is 368 g/mol. The summed E-state index contributed by atoms with van der Waals surface area (Å²) in [5.41, 5.74) is 2.09. The minimum Gasteiger partial charge on any atom is -0.457 e. The quantitative estimate of drug-likeness (QED) is 0.583. The molecule has 1 amide bonds. The first-order valence-corrected chi connectivity index (χ1v) is 9.04. The van der Waals surface area contributed by atoms with Crippen LogP contribution < -0.4 is 15.4 Å². The third-order valence-electron chi connectivity index (χ3n) is 3.85. The molecule has 0 fully saturated rings. The van der Waals surface area contributed by atoms with Gasteiger partial charge in [-0.3, -0.25) is 4.79 Å². The molecule has 2 aromatic rings. The van der Waals surface area contributed by atoms with Crippen LogP contribution in [0.3, 0.4) is 0 Å². The molecule has 0 aliphatic heterocycles. The average molecular weight is 368 g/mol. The van der Waals surface area contributed by atoms with Crippen molar-refractivity contribution in [3.8, 4) is 11.5 Å². The number of benzene rings is 2. The van der Waals surface area contributed by atoms with E-state index in [1.54, 1.807) is 19.0 Å². The summed E-state index contributed by atoms with van der Waals surface area (Å²) in [6.07, 6.45) is 0. The van der Waals surface area contributed by atoms with Crippen LogP contribution in [-0.4, -0.2) is 44.0 Å². The molecule has 0 bridgehead atoms. The number of likely N-dealkylation sites (N-methyl/N-ethyl adjacent to an activating group) is 1. The summed E-state index contributed by atoms with van der Waals surface area (Å²) in [6, 6.07) is 15.8. The van der Waals surface area contributed by atoms with Crippen molar-refractivity contribution in [2.24, 2.45) is 4.99 Å². The summed E-state index contributed by atoms with van der Waals surface area (Å²) in [4.78, 5) is 17.9. The zero-order valence-electron chi connectivity index (χ0n) is 16.5. The maximum Gasteiger partial charge on any atom is 0.241 e. The Labute approximate surface area is 161 Å². The first kappa shape index (κ1) is 20.3. The van der Waals surface area contributed by atoms with Gasteiger partial charge in [-0.1, -0.05) is 30.3 Å². The van der Waals surface area contributed by atoms with Crippen molar-refractivity contribution in [3.63, 3.8) is 0 Å². The molecule has 2 rings (SSSR count). The van der Waals surface area contributed by atoms with Crippen LogP contribution in [-0.2, 0) is 11.3 Å². The minimum atomic E-state index is -0.0101. The van der Waals surface area contributed by atoms with Crippen LogP contribution in [0.15, 0.2) is 53.5 Å². The number of nitrogens with one attached hydrogen (secondary N) is 2. The number of ether oxygens (including phenoxy) is 1. The molecule has 0 radical (unpaired) electrons. The summed E-state index contributed by atoms with van der Waals surface area (Å²) in [5.74, 6) is 2.16. The van der Waals surface area contributed by atoms with Crippen molar-refractivity contribution in [2.75, 3.05) is 27.2 Å². The minimum absolute atomic E-state index is 0.0101. The van der Waals surface area contributed by atoms with E-state index in [1.807, 2.05) is 62.4 Å². The molecule has 0 unspecified atom stereocenters. The fraction of sp³-hybridized carbons (Fsp3) is 0.333. The molecule has 6 heteroatoms. The number of nitrogens with zero attached hydrogens (tertiary/aromatic N) is 2. The zero-order chi connectivity index (χ0) is 19.6. The second-order valence-corrected chi connectivity index (χ2v) is 6.36. The lowest BCUT2D eigenvalue weighted by atomic mass is 10.1. The van der Waals surface area contributed by atoms with Gasteiger partial charge < -0.3 is 20.3 Å². The van der Waals surface area contributed by atoms with Crippen molar-refractivity contribution in [1.29, 1.82) is 0 Å². The number of aryl methyl sites for hydroxylation is 1. The van der Waals surface area contributed by atoms with Gasteiger partial charge in [0.05, 0.1) is 13.1 Å². The van der Waals surface area contributed by atoms with E-state index in [9.17, 15) is 4.79 Å². The Morgan fingerprint density at radius 3 is 2.52 bits per heavy atom. The van der Waals surface area contributed by atoms with Crippen LogP contribution in [0.25, 0.3) is 0 Å². The van der Waals surface area contributed by atoms with Gasteiger partial charge in [0.1, 0.15) is 11.5 Å². The normalized spacial score (nSPS) is 11.0. The highest BCUT2D eigenvalue weighted by atomic mass is 16.5. The number of amides is 1. The Balaban J connectivity index is 2.13. The molecular weight excluding hydrogens is 340 g/mol. The molecular formula is C21H28N4O2. The zero-order valence-corrected chi connectivity index (χ0v) is 16.5. The van der Waals surface area contributed by atoms with Gasteiger partial charge in [-0.15, -0.1) is 0 Å². The number of carbonyl (C=O) groups is 1. The van der Waals surface area contributed by atoms with Crippen LogP contribution in [0.1, 0.15) is 18.1 Å². The third-order valence-corrected chi connectivity index (χ3v) is 3.85. The first-order valence-electron chi connectivity index (χ1n) is 9.04. The fourth-order valence-corrected chi connectivity index (χ4v) is 2.33. The lowest BCUT2D eigenvalue weighted by molar-refractivity contribution is -0.127. The SMILES string of the molecule is CCNC(=NCc1ccc(C)cc1Oc1ccccc1)NCC(=O)N(C)C. The molecule has 0 atom stereocenters. The first-order chi connectivity index (χ1) is 13.0. The van der Waals surface area contributed by atoms with E-state index in [0.29, 0.717) is 19.0 Å². The lowest BCUT2D eigenvalue weighted by Gasteiger charge is -2.15. The Kier molecular flexibility index (Phi) is 7.67. The van der Waals surface area contributed by atoms with Crippen molar-refractivity contribution in [3.05, 3.63) is 59.7 Å². The molecule has 0 heterocycles. The van der Waals surface area contributed by atoms with E-state index < -0.39 is 0 Å². The summed E-state index contributed by atoms with van der Waals surface area (Å²) in [6.45, 7) is 5.36. The predicted octanol–water partition coefficient (Wildman–Crippen LogP) is 2.93. The predicted molar refractivity (Wildman–Crippen MR) is 109 cm³/mol. The van der Waals surface area contributed by atoms with Crippen molar-refractivity contribution in [1.82, 2.24) is 15.5 Å². The van der Waals surface area contributed by atoms with Gasteiger partial charge in [0.25, 0.3) is 0 Å². The third kappa shape index (κ3) is 6.66. The maximum atomic E-state index is 11.8. The molecule has 0 saturated carbocycles. The summed E-state index contributed by atoms with van der Waals surface area (Å²) in [7, 11) is 3.46. The molecule has 0 saturated heterocycles. The van der Waals surface area contributed by atoms with Gasteiger partial charge >= 0.3 is 0 Å². The van der Waals surface area contributed by atoms with Crippen LogP contribution in [0.4, 0.5) is 0 Å². The fourth-order valence-electron chi connectivity index (χ4n) is 2.33. The van der Waals surface area contributed by atoms with Crippen molar-refractivity contribution < 1.29 is 9.53 Å². The molecule has 2 N–H and O–H groups in total. The highest BCUT2D eigenvalue weighted by molar-refractivity contribution is 5.86. The van der Waals surface area contributed by atoms with Crippen LogP contribution >= 0.6 is 0 Å². The number of guanidine groups is 1. The molecule has 2 aromatic carbocycles. The molecule has 0 aliphatic rings. The van der Waals surface area contributed by atoms with Crippen LogP contribution in [0.2, 0.25) is 0 Å². The number of rotatable bonds is 7. The summed E-state index contributed by atoms with van der Waals surface area (Å²) < 4.78 is 6.04. The largest absolute Gasteiger partial charge is 0.457 e. The number of hydrogen-bond acceptors (Lipinski definition) is 3. The van der Waals surface area contributed by atoms with Crippen molar-refractivity contribution >= 4 is 11.9 Å².